The number of benzene rings is 1. The largest absolute Gasteiger partial charge is 0.469 e. The van der Waals surface area contributed by atoms with Crippen molar-refractivity contribution in [1.29, 1.82) is 5.26 Å². The summed E-state index contributed by atoms with van der Waals surface area (Å²) in [5, 5.41) is 20.9. The van der Waals surface area contributed by atoms with E-state index in [0.29, 0.717) is 37.2 Å². The number of likely N-dealkylation sites (tertiary alicyclic amines) is 1. The summed E-state index contributed by atoms with van der Waals surface area (Å²) in [6.45, 7) is 0.833. The number of rotatable bonds is 5. The molecule has 1 aromatic heterocycles. The van der Waals surface area contributed by atoms with Crippen LogP contribution in [0, 0.1) is 17.2 Å². The molecule has 1 unspecified atom stereocenters. The number of carbonyl (C=O) groups is 2. The normalized spacial score (nSPS) is 15.5. The third-order valence-corrected chi connectivity index (χ3v) is 5.34. The molecule has 3 rings (SSSR count). The minimum atomic E-state index is -0.930. The Morgan fingerprint density at radius 2 is 2.09 bits per heavy atom. The van der Waals surface area contributed by atoms with Gasteiger partial charge in [0.2, 0.25) is 0 Å². The first-order valence-electron chi connectivity index (χ1n) is 10.0. The van der Waals surface area contributed by atoms with Crippen LogP contribution in [0.4, 0.5) is 10.5 Å². The maximum absolute atomic E-state index is 12.5. The van der Waals surface area contributed by atoms with Gasteiger partial charge in [0, 0.05) is 25.0 Å². The third-order valence-electron chi connectivity index (χ3n) is 5.34. The van der Waals surface area contributed by atoms with E-state index in [4.69, 9.17) is 15.7 Å². The number of anilines is 1. The highest BCUT2D eigenvalue weighted by atomic mass is 16.5. The first-order chi connectivity index (χ1) is 15.4. The molecule has 1 aromatic carbocycles. The summed E-state index contributed by atoms with van der Waals surface area (Å²) >= 11 is 0. The summed E-state index contributed by atoms with van der Waals surface area (Å²) in [7, 11) is 1.43. The predicted octanol–water partition coefficient (Wildman–Crippen LogP) is 2.60. The van der Waals surface area contributed by atoms with Crippen molar-refractivity contribution in [2.75, 3.05) is 25.5 Å². The third kappa shape index (κ3) is 5.51. The molecule has 0 aliphatic carbocycles. The van der Waals surface area contributed by atoms with Gasteiger partial charge in [0.25, 0.3) is 11.9 Å². The van der Waals surface area contributed by atoms with Crippen LogP contribution in [-0.2, 0) is 4.74 Å². The van der Waals surface area contributed by atoms with E-state index in [0.717, 1.165) is 5.56 Å². The number of amides is 2. The summed E-state index contributed by atoms with van der Waals surface area (Å²) in [6.07, 6.45) is 1.67. The molecule has 0 bridgehead atoms. The fraction of sp³-hybridized carbons (Fsp3) is 0.318. The van der Waals surface area contributed by atoms with Gasteiger partial charge in [-0.25, -0.2) is 14.8 Å². The highest BCUT2D eigenvalue weighted by Gasteiger charge is 2.30. The van der Waals surface area contributed by atoms with Crippen LogP contribution in [-0.4, -0.2) is 53.2 Å². The molecule has 2 aromatic rings. The lowest BCUT2D eigenvalue weighted by atomic mass is 9.85. The van der Waals surface area contributed by atoms with Crippen LogP contribution in [0.3, 0.4) is 0 Å². The number of carbonyl (C=O) groups excluding carboxylic acids is 1. The van der Waals surface area contributed by atoms with Gasteiger partial charge in [0.05, 0.1) is 18.7 Å². The van der Waals surface area contributed by atoms with Crippen LogP contribution in [0.2, 0.25) is 0 Å². The number of aromatic nitrogens is 1. The molecular formula is C22H24N6O4. The maximum atomic E-state index is 12.5. The number of ether oxygens (including phenoxy) is 1. The lowest BCUT2D eigenvalue weighted by molar-refractivity contribution is 0.102. The van der Waals surface area contributed by atoms with E-state index in [9.17, 15) is 14.7 Å². The Hall–Kier alpha value is -4.13. The zero-order valence-electron chi connectivity index (χ0n) is 17.6. The molecule has 10 nitrogen and oxygen atoms in total. The van der Waals surface area contributed by atoms with Crippen LogP contribution in [0.1, 0.15) is 40.5 Å². The van der Waals surface area contributed by atoms with Crippen molar-refractivity contribution in [1.82, 2.24) is 9.88 Å². The number of nitriles is 1. The molecule has 1 fully saturated rings. The second-order valence-corrected chi connectivity index (χ2v) is 7.35. The number of pyridine rings is 1. The predicted molar refractivity (Wildman–Crippen MR) is 117 cm³/mol. The van der Waals surface area contributed by atoms with E-state index in [-0.39, 0.29) is 23.7 Å². The quantitative estimate of drug-likeness (QED) is 0.481. The molecule has 2 amide bonds. The van der Waals surface area contributed by atoms with Crippen molar-refractivity contribution in [3.05, 3.63) is 59.4 Å². The van der Waals surface area contributed by atoms with E-state index < -0.39 is 12.0 Å². The van der Waals surface area contributed by atoms with Gasteiger partial charge in [-0.3, -0.25) is 4.79 Å². The van der Waals surface area contributed by atoms with Crippen molar-refractivity contribution in [2.45, 2.75) is 18.9 Å². The van der Waals surface area contributed by atoms with Gasteiger partial charge < -0.3 is 25.8 Å². The molecule has 10 heteroatoms. The molecule has 0 radical (unpaired) electrons. The molecule has 166 valence electrons. The van der Waals surface area contributed by atoms with Crippen molar-refractivity contribution in [2.24, 2.45) is 16.6 Å². The zero-order chi connectivity index (χ0) is 23.1. The summed E-state index contributed by atoms with van der Waals surface area (Å²) in [5.74, 6) is -0.344. The van der Waals surface area contributed by atoms with E-state index >= 15 is 0 Å². The fourth-order valence-electron chi connectivity index (χ4n) is 3.64. The van der Waals surface area contributed by atoms with Gasteiger partial charge in [-0.05, 0) is 48.6 Å². The van der Waals surface area contributed by atoms with Gasteiger partial charge in [-0.15, -0.1) is 0 Å². The van der Waals surface area contributed by atoms with Crippen molar-refractivity contribution in [3.63, 3.8) is 0 Å². The monoisotopic (exact) mass is 436 g/mol. The molecule has 1 aliphatic heterocycles. The standard InChI is InChI=1S/C22H24N6O4/c1-32-21(24)27-19(15-7-9-28(10-8-15)22(30)31)16-3-2-4-17(11-16)26-20(29)18-6-5-14(12-23)13-25-18/h2-6,11,13,15,19H,7-10H2,1H3,(H2,24,27)(H,26,29)(H,30,31). The molecule has 1 atom stereocenters. The Bertz CT molecular complexity index is 1040. The fourth-order valence-corrected chi connectivity index (χ4v) is 3.64. The highest BCUT2D eigenvalue weighted by Crippen LogP contribution is 2.35. The first-order valence-corrected chi connectivity index (χ1v) is 10.0. The number of amidine groups is 1. The lowest BCUT2D eigenvalue weighted by Crippen LogP contribution is -2.39. The summed E-state index contributed by atoms with van der Waals surface area (Å²) in [4.78, 5) is 33.7. The van der Waals surface area contributed by atoms with Gasteiger partial charge >= 0.3 is 6.09 Å². The van der Waals surface area contributed by atoms with Gasteiger partial charge in [0.1, 0.15) is 11.8 Å². The number of methoxy groups -OCH3 is 1. The number of nitrogens with two attached hydrogens (primary N) is 1. The van der Waals surface area contributed by atoms with E-state index in [1.807, 2.05) is 18.2 Å². The van der Waals surface area contributed by atoms with Crippen LogP contribution in [0.15, 0.2) is 47.6 Å². The summed E-state index contributed by atoms with van der Waals surface area (Å²) in [6, 6.07) is 11.9. The smallest absolute Gasteiger partial charge is 0.407 e. The number of hydrogen-bond acceptors (Lipinski definition) is 6. The number of hydrogen-bond donors (Lipinski definition) is 3. The average molecular weight is 436 g/mol. The molecule has 0 spiro atoms. The van der Waals surface area contributed by atoms with Crippen molar-refractivity contribution >= 4 is 23.7 Å². The van der Waals surface area contributed by atoms with Crippen LogP contribution >= 0.6 is 0 Å². The van der Waals surface area contributed by atoms with Crippen LogP contribution < -0.4 is 11.1 Å². The lowest BCUT2D eigenvalue weighted by Gasteiger charge is -2.33. The Labute approximate surface area is 185 Å². The van der Waals surface area contributed by atoms with Gasteiger partial charge in [-0.2, -0.15) is 5.26 Å². The minimum absolute atomic E-state index is 0.0342. The van der Waals surface area contributed by atoms with E-state index in [1.165, 1.54) is 30.3 Å². The number of piperidine rings is 1. The Kier molecular flexibility index (Phi) is 7.23. The Morgan fingerprint density at radius 1 is 1.34 bits per heavy atom. The van der Waals surface area contributed by atoms with Gasteiger partial charge in [-0.1, -0.05) is 12.1 Å². The van der Waals surface area contributed by atoms with Crippen molar-refractivity contribution < 1.29 is 19.4 Å². The maximum Gasteiger partial charge on any atom is 0.407 e. The van der Waals surface area contributed by atoms with Crippen LogP contribution in [0.5, 0.6) is 0 Å². The number of nitrogens with zero attached hydrogens (tertiary/aromatic N) is 4. The summed E-state index contributed by atoms with van der Waals surface area (Å²) < 4.78 is 5.05. The summed E-state index contributed by atoms with van der Waals surface area (Å²) in [5.41, 5.74) is 7.77. The Balaban J connectivity index is 1.80. The SMILES string of the molecule is CO/C(N)=N\C(c1cccc(NC(=O)c2ccc(C#N)cn2)c1)C1CCN(C(=O)O)CC1. The number of aliphatic imine (C=N–C) groups is 1. The van der Waals surface area contributed by atoms with Crippen LogP contribution in [0.25, 0.3) is 0 Å². The van der Waals surface area contributed by atoms with Crippen molar-refractivity contribution in [3.8, 4) is 6.07 Å². The number of nitrogens with one attached hydrogen (secondary N) is 1. The minimum Gasteiger partial charge on any atom is -0.469 e. The van der Waals surface area contributed by atoms with E-state index in [1.54, 1.807) is 12.1 Å². The highest BCUT2D eigenvalue weighted by molar-refractivity contribution is 6.02. The van der Waals surface area contributed by atoms with E-state index in [2.05, 4.69) is 15.3 Å². The number of carboxylic acid groups (broad SMARTS) is 1. The molecule has 1 saturated heterocycles. The molecule has 1 aliphatic rings. The van der Waals surface area contributed by atoms with Gasteiger partial charge in [0.15, 0.2) is 0 Å². The Morgan fingerprint density at radius 3 is 2.69 bits per heavy atom. The first kappa shape index (κ1) is 22.6. The zero-order valence-corrected chi connectivity index (χ0v) is 17.6. The molecule has 32 heavy (non-hydrogen) atoms. The molecular weight excluding hydrogens is 412 g/mol. The molecule has 2 heterocycles. The molecule has 4 N–H and O–H groups in total. The topological polar surface area (TPSA) is 154 Å². The average Bonchev–Trinajstić information content (AvgIpc) is 2.82. The second-order valence-electron chi connectivity index (χ2n) is 7.35. The second kappa shape index (κ2) is 10.3. The molecule has 0 saturated carbocycles.